The van der Waals surface area contributed by atoms with Crippen LogP contribution in [0, 0.1) is 0 Å². The number of nitrogens with one attached hydrogen (secondary N) is 1. The molecule has 1 saturated heterocycles. The van der Waals surface area contributed by atoms with E-state index >= 15 is 0 Å². The maximum absolute atomic E-state index is 12.2. The van der Waals surface area contributed by atoms with Crippen LogP contribution >= 0.6 is 0 Å². The number of morpholine rings is 1. The van der Waals surface area contributed by atoms with Crippen molar-refractivity contribution in [3.8, 4) is 11.5 Å². The lowest BCUT2D eigenvalue weighted by Gasteiger charge is -2.32. The van der Waals surface area contributed by atoms with Crippen molar-refractivity contribution < 1.29 is 23.8 Å². The number of carbonyl (C=O) groups excluding carboxylic acids is 2. The van der Waals surface area contributed by atoms with Crippen LogP contribution in [0.25, 0.3) is 0 Å². The zero-order valence-corrected chi connectivity index (χ0v) is 13.6. The quantitative estimate of drug-likeness (QED) is 0.795. The summed E-state index contributed by atoms with van der Waals surface area (Å²) in [6, 6.07) is 4.57. The second-order valence-electron chi connectivity index (χ2n) is 5.13. The number of likely N-dealkylation sites (N-methyl/N-ethyl adjacent to an activating group) is 1. The molecule has 0 saturated carbocycles. The first-order valence-electron chi connectivity index (χ1n) is 7.51. The molecule has 7 heteroatoms. The standard InChI is InChI=1S/C16H22N2O5/c1-4-18-7-8-23-16(20)12(18)10-15(19)17-11-5-6-13(21-2)14(9-11)22-3/h5-6,9,12H,4,7-8,10H2,1-3H3,(H,17,19)/t12-/m0/s1. The molecule has 23 heavy (non-hydrogen) atoms. The summed E-state index contributed by atoms with van der Waals surface area (Å²) in [5.41, 5.74) is 0.583. The summed E-state index contributed by atoms with van der Waals surface area (Å²) in [4.78, 5) is 26.0. The van der Waals surface area contributed by atoms with Crippen molar-refractivity contribution in [1.82, 2.24) is 4.90 Å². The molecule has 1 aromatic rings. The number of esters is 1. The molecule has 126 valence electrons. The number of rotatable bonds is 6. The number of benzene rings is 1. The number of anilines is 1. The smallest absolute Gasteiger partial charge is 0.323 e. The Hall–Kier alpha value is -2.28. The van der Waals surface area contributed by atoms with Gasteiger partial charge in [-0.25, -0.2) is 0 Å². The summed E-state index contributed by atoms with van der Waals surface area (Å²) in [6.45, 7) is 3.68. The van der Waals surface area contributed by atoms with Gasteiger partial charge in [-0.3, -0.25) is 14.5 Å². The second kappa shape index (κ2) is 7.82. The molecular formula is C16H22N2O5. The normalized spacial score (nSPS) is 18.2. The van der Waals surface area contributed by atoms with E-state index in [0.717, 1.165) is 0 Å². The second-order valence-corrected chi connectivity index (χ2v) is 5.13. The third-order valence-corrected chi connectivity index (χ3v) is 3.79. The van der Waals surface area contributed by atoms with E-state index in [4.69, 9.17) is 14.2 Å². The van der Waals surface area contributed by atoms with Gasteiger partial charge in [0.2, 0.25) is 5.91 Å². The molecule has 2 rings (SSSR count). The van der Waals surface area contributed by atoms with Gasteiger partial charge in [0, 0.05) is 18.3 Å². The first kappa shape index (κ1) is 17.1. The van der Waals surface area contributed by atoms with Gasteiger partial charge in [-0.15, -0.1) is 0 Å². The van der Waals surface area contributed by atoms with E-state index in [-0.39, 0.29) is 18.3 Å². The Bertz CT molecular complexity index is 576. The molecule has 0 spiro atoms. The van der Waals surface area contributed by atoms with Crippen LogP contribution < -0.4 is 14.8 Å². The van der Waals surface area contributed by atoms with E-state index in [1.165, 1.54) is 7.11 Å². The molecule has 0 bridgehead atoms. The molecular weight excluding hydrogens is 300 g/mol. The molecule has 1 heterocycles. The molecule has 1 aliphatic rings. The Morgan fingerprint density at radius 3 is 2.74 bits per heavy atom. The summed E-state index contributed by atoms with van der Waals surface area (Å²) in [6.07, 6.45) is 0.0566. The van der Waals surface area contributed by atoms with Crippen molar-refractivity contribution >= 4 is 17.6 Å². The molecule has 1 aromatic carbocycles. The maximum Gasteiger partial charge on any atom is 0.323 e. The Morgan fingerprint density at radius 2 is 2.09 bits per heavy atom. The highest BCUT2D eigenvalue weighted by molar-refractivity contribution is 5.94. The lowest BCUT2D eigenvalue weighted by molar-refractivity contribution is -0.158. The predicted molar refractivity (Wildman–Crippen MR) is 84.8 cm³/mol. The molecule has 0 radical (unpaired) electrons. The first-order valence-corrected chi connectivity index (χ1v) is 7.51. The van der Waals surface area contributed by atoms with Gasteiger partial charge in [-0.1, -0.05) is 6.92 Å². The van der Waals surface area contributed by atoms with Crippen molar-refractivity contribution in [2.75, 3.05) is 39.2 Å². The number of methoxy groups -OCH3 is 2. The zero-order valence-electron chi connectivity index (χ0n) is 13.6. The molecule has 1 N–H and O–H groups in total. The number of nitrogens with zero attached hydrogens (tertiary/aromatic N) is 1. The highest BCUT2D eigenvalue weighted by atomic mass is 16.5. The first-order chi connectivity index (χ1) is 11.1. The zero-order chi connectivity index (χ0) is 16.8. The largest absolute Gasteiger partial charge is 0.493 e. The minimum atomic E-state index is -0.533. The average molecular weight is 322 g/mol. The summed E-state index contributed by atoms with van der Waals surface area (Å²) in [5.74, 6) is 0.510. The van der Waals surface area contributed by atoms with Crippen LogP contribution in [0.5, 0.6) is 11.5 Å². The van der Waals surface area contributed by atoms with E-state index in [0.29, 0.717) is 36.9 Å². The Balaban J connectivity index is 2.02. The highest BCUT2D eigenvalue weighted by Gasteiger charge is 2.32. The van der Waals surface area contributed by atoms with Gasteiger partial charge in [0.25, 0.3) is 0 Å². The monoisotopic (exact) mass is 322 g/mol. The van der Waals surface area contributed by atoms with Crippen LogP contribution in [0.4, 0.5) is 5.69 Å². The van der Waals surface area contributed by atoms with Crippen LogP contribution in [0.3, 0.4) is 0 Å². The molecule has 1 fully saturated rings. The van der Waals surface area contributed by atoms with Crippen LogP contribution in [-0.2, 0) is 14.3 Å². The summed E-state index contributed by atoms with van der Waals surface area (Å²) < 4.78 is 15.4. The van der Waals surface area contributed by atoms with E-state index in [2.05, 4.69) is 5.32 Å². The summed E-state index contributed by atoms with van der Waals surface area (Å²) in [5, 5.41) is 2.77. The topological polar surface area (TPSA) is 77.1 Å². The van der Waals surface area contributed by atoms with Crippen LogP contribution in [-0.4, -0.2) is 56.7 Å². The van der Waals surface area contributed by atoms with Crippen molar-refractivity contribution in [2.24, 2.45) is 0 Å². The number of hydrogen-bond acceptors (Lipinski definition) is 6. The van der Waals surface area contributed by atoms with E-state index < -0.39 is 6.04 Å². The number of amides is 1. The van der Waals surface area contributed by atoms with Gasteiger partial charge in [0.1, 0.15) is 12.6 Å². The van der Waals surface area contributed by atoms with Crippen molar-refractivity contribution in [2.45, 2.75) is 19.4 Å². The molecule has 0 aromatic heterocycles. The lowest BCUT2D eigenvalue weighted by Crippen LogP contribution is -2.50. The number of carbonyl (C=O) groups is 2. The Labute approximate surface area is 135 Å². The number of ether oxygens (including phenoxy) is 3. The minimum absolute atomic E-state index is 0.0566. The molecule has 1 atom stereocenters. The molecule has 0 aliphatic carbocycles. The highest BCUT2D eigenvalue weighted by Crippen LogP contribution is 2.29. The summed E-state index contributed by atoms with van der Waals surface area (Å²) in [7, 11) is 3.07. The van der Waals surface area contributed by atoms with E-state index in [9.17, 15) is 9.59 Å². The molecule has 1 aliphatic heterocycles. The molecule has 1 amide bonds. The van der Waals surface area contributed by atoms with E-state index in [1.807, 2.05) is 11.8 Å². The third-order valence-electron chi connectivity index (χ3n) is 3.79. The predicted octanol–water partition coefficient (Wildman–Crippen LogP) is 1.28. The van der Waals surface area contributed by atoms with Gasteiger partial charge < -0.3 is 19.5 Å². The van der Waals surface area contributed by atoms with Gasteiger partial charge in [-0.2, -0.15) is 0 Å². The Kier molecular flexibility index (Phi) is 5.81. The van der Waals surface area contributed by atoms with Crippen LogP contribution in [0.15, 0.2) is 18.2 Å². The Morgan fingerprint density at radius 1 is 1.35 bits per heavy atom. The molecule has 0 unspecified atom stereocenters. The third kappa shape index (κ3) is 4.13. The minimum Gasteiger partial charge on any atom is -0.493 e. The molecule has 7 nitrogen and oxygen atoms in total. The SMILES string of the molecule is CCN1CCOC(=O)[C@@H]1CC(=O)Nc1ccc(OC)c(OC)c1. The van der Waals surface area contributed by atoms with Crippen LogP contribution in [0.1, 0.15) is 13.3 Å². The fourth-order valence-electron chi connectivity index (χ4n) is 2.56. The van der Waals surface area contributed by atoms with Crippen molar-refractivity contribution in [1.29, 1.82) is 0 Å². The fraction of sp³-hybridized carbons (Fsp3) is 0.500. The number of cyclic esters (lactones) is 1. The lowest BCUT2D eigenvalue weighted by atomic mass is 10.1. The summed E-state index contributed by atoms with van der Waals surface area (Å²) >= 11 is 0. The fourth-order valence-corrected chi connectivity index (χ4v) is 2.56. The average Bonchev–Trinajstić information content (AvgIpc) is 2.56. The maximum atomic E-state index is 12.2. The van der Waals surface area contributed by atoms with Crippen molar-refractivity contribution in [3.05, 3.63) is 18.2 Å². The van der Waals surface area contributed by atoms with Crippen molar-refractivity contribution in [3.63, 3.8) is 0 Å². The van der Waals surface area contributed by atoms with Crippen LogP contribution in [0.2, 0.25) is 0 Å². The van der Waals surface area contributed by atoms with Gasteiger partial charge in [-0.05, 0) is 18.7 Å². The van der Waals surface area contributed by atoms with Gasteiger partial charge in [0.15, 0.2) is 11.5 Å². The number of hydrogen-bond donors (Lipinski definition) is 1. The van der Waals surface area contributed by atoms with Gasteiger partial charge >= 0.3 is 5.97 Å². The van der Waals surface area contributed by atoms with Gasteiger partial charge in [0.05, 0.1) is 20.6 Å². The van der Waals surface area contributed by atoms with E-state index in [1.54, 1.807) is 25.3 Å².